The van der Waals surface area contributed by atoms with E-state index < -0.39 is 16.0 Å². The number of carbonyl (C=O) groups is 2. The lowest BCUT2D eigenvalue weighted by Gasteiger charge is -2.33. The minimum Gasteiger partial charge on any atom is -0.478 e. The first kappa shape index (κ1) is 18.1. The molecule has 138 valence electrons. The fourth-order valence-corrected chi connectivity index (χ4v) is 4.10. The lowest BCUT2D eigenvalue weighted by molar-refractivity contribution is 0.0683. The van der Waals surface area contributed by atoms with E-state index in [-0.39, 0.29) is 48.2 Å². The molecule has 2 heterocycles. The van der Waals surface area contributed by atoms with E-state index in [1.807, 2.05) is 0 Å². The number of amides is 1. The van der Waals surface area contributed by atoms with Gasteiger partial charge >= 0.3 is 5.97 Å². The van der Waals surface area contributed by atoms with Crippen molar-refractivity contribution in [3.63, 3.8) is 0 Å². The minimum absolute atomic E-state index is 0.0160. The van der Waals surface area contributed by atoms with Crippen LogP contribution in [0.2, 0.25) is 0 Å². The van der Waals surface area contributed by atoms with Gasteiger partial charge in [-0.3, -0.25) is 4.79 Å². The third-order valence-electron chi connectivity index (χ3n) is 4.11. The molecular weight excluding hydrogens is 362 g/mol. The molecule has 1 aromatic heterocycles. The highest BCUT2D eigenvalue weighted by Gasteiger charge is 2.31. The highest BCUT2D eigenvalue weighted by Crippen LogP contribution is 2.19. The highest BCUT2D eigenvalue weighted by atomic mass is 32.2. The third-order valence-corrected chi connectivity index (χ3v) is 6.02. The molecule has 0 atom stereocenters. The standard InChI is InChI=1S/C16H17N3O6S/c1-11-10-14(17-25-11)15(20)18-6-8-19(9-7-18)26(23,24)13-4-2-12(3-5-13)16(21)22/h2-5,10H,6-9H2,1H3,(H,21,22). The van der Waals surface area contributed by atoms with Crippen molar-refractivity contribution in [2.45, 2.75) is 11.8 Å². The molecule has 26 heavy (non-hydrogen) atoms. The molecule has 0 bridgehead atoms. The van der Waals surface area contributed by atoms with Crippen molar-refractivity contribution in [2.75, 3.05) is 26.2 Å². The fourth-order valence-electron chi connectivity index (χ4n) is 2.68. The normalized spacial score (nSPS) is 15.8. The summed E-state index contributed by atoms with van der Waals surface area (Å²) in [5.74, 6) is -0.895. The number of hydrogen-bond acceptors (Lipinski definition) is 6. The Labute approximate surface area is 149 Å². The molecule has 1 amide bonds. The summed E-state index contributed by atoms with van der Waals surface area (Å²) >= 11 is 0. The number of nitrogens with zero attached hydrogens (tertiary/aromatic N) is 3. The van der Waals surface area contributed by atoms with Crippen LogP contribution in [0, 0.1) is 6.92 Å². The van der Waals surface area contributed by atoms with Crippen LogP contribution < -0.4 is 0 Å². The van der Waals surface area contributed by atoms with E-state index in [9.17, 15) is 18.0 Å². The lowest BCUT2D eigenvalue weighted by Crippen LogP contribution is -2.50. The van der Waals surface area contributed by atoms with Gasteiger partial charge in [0, 0.05) is 32.2 Å². The minimum atomic E-state index is -3.75. The molecule has 0 spiro atoms. The molecule has 0 unspecified atom stereocenters. The molecule has 1 fully saturated rings. The number of benzene rings is 1. The van der Waals surface area contributed by atoms with Crippen LogP contribution in [0.5, 0.6) is 0 Å². The van der Waals surface area contributed by atoms with E-state index in [1.165, 1.54) is 39.5 Å². The number of carboxylic acids is 1. The van der Waals surface area contributed by atoms with Gasteiger partial charge in [-0.1, -0.05) is 5.16 Å². The maximum Gasteiger partial charge on any atom is 0.335 e. The van der Waals surface area contributed by atoms with Crippen LogP contribution in [0.3, 0.4) is 0 Å². The number of carbonyl (C=O) groups excluding carboxylic acids is 1. The average molecular weight is 379 g/mol. The maximum absolute atomic E-state index is 12.7. The number of aryl methyl sites for hydroxylation is 1. The van der Waals surface area contributed by atoms with E-state index in [0.29, 0.717) is 5.76 Å². The summed E-state index contributed by atoms with van der Waals surface area (Å²) in [5.41, 5.74) is 0.213. The second-order valence-corrected chi connectivity index (χ2v) is 7.79. The van der Waals surface area contributed by atoms with E-state index in [0.717, 1.165) is 0 Å². The smallest absolute Gasteiger partial charge is 0.335 e. The Bertz CT molecular complexity index is 927. The molecule has 0 aliphatic carbocycles. The van der Waals surface area contributed by atoms with Gasteiger partial charge in [-0.05, 0) is 31.2 Å². The predicted molar refractivity (Wildman–Crippen MR) is 89.3 cm³/mol. The van der Waals surface area contributed by atoms with Crippen molar-refractivity contribution in [3.8, 4) is 0 Å². The summed E-state index contributed by atoms with van der Waals surface area (Å²) in [6.45, 7) is 2.44. The summed E-state index contributed by atoms with van der Waals surface area (Å²) in [7, 11) is -3.75. The van der Waals surface area contributed by atoms with Crippen molar-refractivity contribution in [2.24, 2.45) is 0 Å². The number of carboxylic acid groups (broad SMARTS) is 1. The van der Waals surface area contributed by atoms with Crippen LogP contribution in [0.4, 0.5) is 0 Å². The molecule has 1 N–H and O–H groups in total. The van der Waals surface area contributed by atoms with Crippen LogP contribution in [0.25, 0.3) is 0 Å². The van der Waals surface area contributed by atoms with Crippen LogP contribution in [-0.4, -0.2) is 65.9 Å². The number of piperazine rings is 1. The van der Waals surface area contributed by atoms with Crippen LogP contribution in [-0.2, 0) is 10.0 Å². The Morgan fingerprint density at radius 2 is 1.73 bits per heavy atom. The largest absolute Gasteiger partial charge is 0.478 e. The molecule has 0 radical (unpaired) electrons. The van der Waals surface area contributed by atoms with Crippen molar-refractivity contribution in [3.05, 3.63) is 47.3 Å². The number of aromatic nitrogens is 1. The Hall–Kier alpha value is -2.72. The first-order valence-corrected chi connectivity index (χ1v) is 9.29. The molecule has 10 heteroatoms. The summed E-state index contributed by atoms with van der Waals surface area (Å²) in [4.78, 5) is 24.7. The van der Waals surface area contributed by atoms with Gasteiger partial charge in [-0.15, -0.1) is 0 Å². The zero-order valence-corrected chi connectivity index (χ0v) is 14.8. The second kappa shape index (κ2) is 6.89. The zero-order chi connectivity index (χ0) is 18.9. The van der Waals surface area contributed by atoms with Gasteiger partial charge in [-0.25, -0.2) is 13.2 Å². The zero-order valence-electron chi connectivity index (χ0n) is 14.0. The second-order valence-electron chi connectivity index (χ2n) is 5.85. The summed E-state index contributed by atoms with van der Waals surface area (Å²) in [6, 6.07) is 6.59. The van der Waals surface area contributed by atoms with E-state index >= 15 is 0 Å². The van der Waals surface area contributed by atoms with Gasteiger partial charge in [0.2, 0.25) is 10.0 Å². The van der Waals surface area contributed by atoms with Crippen LogP contribution in [0.1, 0.15) is 26.6 Å². The molecule has 9 nitrogen and oxygen atoms in total. The molecule has 2 aromatic rings. The predicted octanol–water partition coefficient (Wildman–Crippen LogP) is 0.828. The fraction of sp³-hybridized carbons (Fsp3) is 0.312. The molecule has 1 aliphatic rings. The monoisotopic (exact) mass is 379 g/mol. The SMILES string of the molecule is Cc1cc(C(=O)N2CCN(S(=O)(=O)c3ccc(C(=O)O)cc3)CC2)no1. The lowest BCUT2D eigenvalue weighted by atomic mass is 10.2. The number of aromatic carboxylic acids is 1. The van der Waals surface area contributed by atoms with E-state index in [4.69, 9.17) is 9.63 Å². The van der Waals surface area contributed by atoms with Gasteiger partial charge in [-0.2, -0.15) is 4.31 Å². The van der Waals surface area contributed by atoms with Gasteiger partial charge in [0.05, 0.1) is 10.5 Å². The summed E-state index contributed by atoms with van der Waals surface area (Å²) in [6.07, 6.45) is 0. The Kier molecular flexibility index (Phi) is 4.79. The number of hydrogen-bond donors (Lipinski definition) is 1. The first-order chi connectivity index (χ1) is 12.3. The molecule has 1 saturated heterocycles. The number of sulfonamides is 1. The molecule has 3 rings (SSSR count). The summed E-state index contributed by atoms with van der Waals surface area (Å²) in [5, 5.41) is 12.6. The van der Waals surface area contributed by atoms with Crippen LogP contribution in [0.15, 0.2) is 39.8 Å². The van der Waals surface area contributed by atoms with Gasteiger partial charge < -0.3 is 14.5 Å². The van der Waals surface area contributed by atoms with Crippen molar-refractivity contribution in [1.82, 2.24) is 14.4 Å². The number of rotatable bonds is 4. The third kappa shape index (κ3) is 3.46. The topological polar surface area (TPSA) is 121 Å². The van der Waals surface area contributed by atoms with Crippen LogP contribution >= 0.6 is 0 Å². The quantitative estimate of drug-likeness (QED) is 0.835. The van der Waals surface area contributed by atoms with Gasteiger partial charge in [0.25, 0.3) is 5.91 Å². The van der Waals surface area contributed by atoms with Gasteiger partial charge in [0.1, 0.15) is 5.76 Å². The van der Waals surface area contributed by atoms with E-state index in [2.05, 4.69) is 5.16 Å². The molecule has 1 aliphatic heterocycles. The average Bonchev–Trinajstić information content (AvgIpc) is 3.07. The Morgan fingerprint density at radius 1 is 1.12 bits per heavy atom. The highest BCUT2D eigenvalue weighted by molar-refractivity contribution is 7.89. The molecule has 1 aromatic carbocycles. The van der Waals surface area contributed by atoms with Crippen molar-refractivity contribution in [1.29, 1.82) is 0 Å². The van der Waals surface area contributed by atoms with Gasteiger partial charge in [0.15, 0.2) is 5.69 Å². The molecule has 0 saturated carbocycles. The summed E-state index contributed by atoms with van der Waals surface area (Å²) < 4.78 is 31.5. The maximum atomic E-state index is 12.7. The van der Waals surface area contributed by atoms with E-state index in [1.54, 1.807) is 6.92 Å². The van der Waals surface area contributed by atoms with Crippen molar-refractivity contribution < 1.29 is 27.6 Å². The Balaban J connectivity index is 1.68. The first-order valence-electron chi connectivity index (χ1n) is 7.85. The Morgan fingerprint density at radius 3 is 2.23 bits per heavy atom. The van der Waals surface area contributed by atoms with Crippen molar-refractivity contribution >= 4 is 21.9 Å². The molecular formula is C16H17N3O6S.